The van der Waals surface area contributed by atoms with Gasteiger partial charge in [0.15, 0.2) is 0 Å². The molecular weight excluding hydrogens is 260 g/mol. The third-order valence-corrected chi connectivity index (χ3v) is 3.46. The van der Waals surface area contributed by atoms with Gasteiger partial charge < -0.3 is 15.7 Å². The van der Waals surface area contributed by atoms with Crippen LogP contribution in [0.5, 0.6) is 0 Å². The molecule has 0 aliphatic carbocycles. The summed E-state index contributed by atoms with van der Waals surface area (Å²) in [6.07, 6.45) is 0. The van der Waals surface area contributed by atoms with Gasteiger partial charge in [-0.25, -0.2) is 4.79 Å². The first-order valence-corrected chi connectivity index (χ1v) is 6.95. The topological polar surface area (TPSA) is 61.4 Å². The van der Waals surface area contributed by atoms with Crippen LogP contribution in [0.25, 0.3) is 0 Å². The first-order chi connectivity index (χ1) is 9.29. The van der Waals surface area contributed by atoms with Gasteiger partial charge in [0.25, 0.3) is 0 Å². The minimum atomic E-state index is -0.385. The second-order valence-electron chi connectivity index (χ2n) is 4.10. The Balaban J connectivity index is 1.86. The number of nitrogens with one attached hydrogen (secondary N) is 2. The number of aliphatic hydroxyl groups is 1. The lowest BCUT2D eigenvalue weighted by atomic mass is 10.1. The summed E-state index contributed by atoms with van der Waals surface area (Å²) in [5, 5.41) is 18.8. The number of urea groups is 1. The van der Waals surface area contributed by atoms with Crippen molar-refractivity contribution in [3.05, 3.63) is 58.3 Å². The molecule has 0 fully saturated rings. The van der Waals surface area contributed by atoms with Crippen LogP contribution in [-0.4, -0.2) is 17.7 Å². The van der Waals surface area contributed by atoms with Crippen molar-refractivity contribution in [1.29, 1.82) is 0 Å². The Kier molecular flexibility index (Phi) is 4.94. The molecule has 0 spiro atoms. The molecule has 5 heteroatoms. The van der Waals surface area contributed by atoms with Crippen molar-refractivity contribution in [3.8, 4) is 0 Å². The Labute approximate surface area is 116 Å². The molecule has 1 heterocycles. The van der Waals surface area contributed by atoms with Gasteiger partial charge in [0.05, 0.1) is 12.6 Å². The third-order valence-electron chi connectivity index (χ3n) is 2.72. The first kappa shape index (κ1) is 13.6. The minimum absolute atomic E-state index is 0.129. The lowest BCUT2D eigenvalue weighted by molar-refractivity contribution is 0.216. The molecule has 0 aliphatic heterocycles. The zero-order chi connectivity index (χ0) is 13.5. The summed E-state index contributed by atoms with van der Waals surface area (Å²) in [5.41, 5.74) is 1.95. The average molecular weight is 276 g/mol. The van der Waals surface area contributed by atoms with Crippen LogP contribution in [0, 0.1) is 0 Å². The van der Waals surface area contributed by atoms with Crippen LogP contribution in [-0.2, 0) is 6.54 Å². The molecule has 3 N–H and O–H groups in total. The van der Waals surface area contributed by atoms with Gasteiger partial charge in [0, 0.05) is 6.54 Å². The maximum atomic E-state index is 11.8. The molecule has 19 heavy (non-hydrogen) atoms. The van der Waals surface area contributed by atoms with Gasteiger partial charge in [-0.15, -0.1) is 0 Å². The zero-order valence-corrected chi connectivity index (χ0v) is 11.2. The van der Waals surface area contributed by atoms with E-state index in [1.54, 1.807) is 11.3 Å². The molecule has 0 aliphatic rings. The monoisotopic (exact) mass is 276 g/mol. The number of rotatable bonds is 5. The quantitative estimate of drug-likeness (QED) is 0.784. The standard InChI is InChI=1S/C14H16N2O2S/c17-9-13(12-4-2-1-3-5-12)16-14(18)15-8-11-6-7-19-10-11/h1-7,10,13,17H,8-9H2,(H2,15,16,18). The summed E-state index contributed by atoms with van der Waals surface area (Å²) in [6.45, 7) is 0.359. The highest BCUT2D eigenvalue weighted by atomic mass is 32.1. The van der Waals surface area contributed by atoms with E-state index >= 15 is 0 Å². The van der Waals surface area contributed by atoms with Crippen LogP contribution < -0.4 is 10.6 Å². The largest absolute Gasteiger partial charge is 0.394 e. The smallest absolute Gasteiger partial charge is 0.315 e. The average Bonchev–Trinajstić information content (AvgIpc) is 2.97. The van der Waals surface area contributed by atoms with Crippen molar-refractivity contribution in [2.24, 2.45) is 0 Å². The maximum absolute atomic E-state index is 11.8. The molecule has 1 aromatic carbocycles. The summed E-state index contributed by atoms with van der Waals surface area (Å²) in [5.74, 6) is 0. The first-order valence-electron chi connectivity index (χ1n) is 6.01. The lowest BCUT2D eigenvalue weighted by Gasteiger charge is -2.17. The van der Waals surface area contributed by atoms with Gasteiger partial charge in [0.2, 0.25) is 0 Å². The van der Waals surface area contributed by atoms with E-state index in [1.807, 2.05) is 47.2 Å². The SMILES string of the molecule is O=C(NCc1ccsc1)NC(CO)c1ccccc1. The second-order valence-corrected chi connectivity index (χ2v) is 4.88. The van der Waals surface area contributed by atoms with Gasteiger partial charge in [-0.2, -0.15) is 11.3 Å². The number of carbonyl (C=O) groups is 1. The van der Waals surface area contributed by atoms with Crippen LogP contribution >= 0.6 is 11.3 Å². The highest BCUT2D eigenvalue weighted by Gasteiger charge is 2.12. The number of aliphatic hydroxyl groups excluding tert-OH is 1. The molecule has 0 radical (unpaired) electrons. The number of benzene rings is 1. The van der Waals surface area contributed by atoms with Crippen molar-refractivity contribution in [2.75, 3.05) is 6.61 Å². The predicted octanol–water partition coefficient (Wildman–Crippen LogP) is 2.28. The molecule has 2 amide bonds. The van der Waals surface area contributed by atoms with E-state index < -0.39 is 0 Å². The molecule has 1 atom stereocenters. The van der Waals surface area contributed by atoms with Gasteiger partial charge in [-0.05, 0) is 28.0 Å². The molecule has 0 saturated carbocycles. The van der Waals surface area contributed by atoms with E-state index in [0.29, 0.717) is 6.54 Å². The molecule has 100 valence electrons. The van der Waals surface area contributed by atoms with Crippen molar-refractivity contribution >= 4 is 17.4 Å². The third kappa shape index (κ3) is 4.08. The summed E-state index contributed by atoms with van der Waals surface area (Å²) >= 11 is 1.59. The summed E-state index contributed by atoms with van der Waals surface area (Å²) in [6, 6.07) is 10.7. The van der Waals surface area contributed by atoms with Crippen LogP contribution in [0.4, 0.5) is 4.79 Å². The van der Waals surface area contributed by atoms with E-state index in [2.05, 4.69) is 10.6 Å². The minimum Gasteiger partial charge on any atom is -0.394 e. The Morgan fingerprint density at radius 2 is 2.05 bits per heavy atom. The normalized spacial score (nSPS) is 11.8. The number of thiophene rings is 1. The maximum Gasteiger partial charge on any atom is 0.315 e. The Morgan fingerprint density at radius 3 is 2.68 bits per heavy atom. The molecule has 1 unspecified atom stereocenters. The fourth-order valence-corrected chi connectivity index (χ4v) is 2.37. The Bertz CT molecular complexity index is 499. The zero-order valence-electron chi connectivity index (χ0n) is 10.4. The van der Waals surface area contributed by atoms with Crippen LogP contribution in [0.1, 0.15) is 17.2 Å². The number of amides is 2. The predicted molar refractivity (Wildman–Crippen MR) is 76.0 cm³/mol. The highest BCUT2D eigenvalue weighted by Crippen LogP contribution is 2.11. The summed E-state index contributed by atoms with van der Waals surface area (Å²) < 4.78 is 0. The Morgan fingerprint density at radius 1 is 1.26 bits per heavy atom. The molecule has 0 bridgehead atoms. The fourth-order valence-electron chi connectivity index (χ4n) is 1.70. The molecule has 0 saturated heterocycles. The van der Waals surface area contributed by atoms with Crippen LogP contribution in [0.15, 0.2) is 47.2 Å². The van der Waals surface area contributed by atoms with Gasteiger partial charge in [-0.3, -0.25) is 0 Å². The van der Waals surface area contributed by atoms with Crippen molar-refractivity contribution in [3.63, 3.8) is 0 Å². The van der Waals surface area contributed by atoms with Gasteiger partial charge in [0.1, 0.15) is 0 Å². The second kappa shape index (κ2) is 6.92. The molecule has 1 aromatic heterocycles. The number of hydrogen-bond donors (Lipinski definition) is 3. The number of carbonyl (C=O) groups excluding carboxylic acids is 1. The van der Waals surface area contributed by atoms with Crippen LogP contribution in [0.3, 0.4) is 0 Å². The molecule has 2 rings (SSSR count). The summed E-state index contributed by atoms with van der Waals surface area (Å²) in [7, 11) is 0. The fraction of sp³-hybridized carbons (Fsp3) is 0.214. The lowest BCUT2D eigenvalue weighted by Crippen LogP contribution is -2.38. The van der Waals surface area contributed by atoms with Crippen LogP contribution in [0.2, 0.25) is 0 Å². The molecular formula is C14H16N2O2S. The number of hydrogen-bond acceptors (Lipinski definition) is 3. The van der Waals surface area contributed by atoms with Gasteiger partial charge >= 0.3 is 6.03 Å². The van der Waals surface area contributed by atoms with E-state index in [0.717, 1.165) is 11.1 Å². The summed E-state index contributed by atoms with van der Waals surface area (Å²) in [4.78, 5) is 11.8. The van der Waals surface area contributed by atoms with Crippen molar-refractivity contribution in [1.82, 2.24) is 10.6 Å². The highest BCUT2D eigenvalue weighted by molar-refractivity contribution is 7.07. The Hall–Kier alpha value is -1.85. The van der Waals surface area contributed by atoms with Gasteiger partial charge in [-0.1, -0.05) is 30.3 Å². The molecule has 2 aromatic rings. The van der Waals surface area contributed by atoms with E-state index in [1.165, 1.54) is 0 Å². The van der Waals surface area contributed by atoms with E-state index in [-0.39, 0.29) is 18.7 Å². The van der Waals surface area contributed by atoms with Crippen molar-refractivity contribution in [2.45, 2.75) is 12.6 Å². The van der Waals surface area contributed by atoms with E-state index in [4.69, 9.17) is 0 Å². The van der Waals surface area contributed by atoms with Crippen molar-refractivity contribution < 1.29 is 9.90 Å². The molecule has 4 nitrogen and oxygen atoms in total. The van der Waals surface area contributed by atoms with E-state index in [9.17, 15) is 9.90 Å².